The summed E-state index contributed by atoms with van der Waals surface area (Å²) < 4.78 is 46.1. The van der Waals surface area contributed by atoms with Gasteiger partial charge in [-0.2, -0.15) is 4.31 Å². The minimum atomic E-state index is -3.88. The summed E-state index contributed by atoms with van der Waals surface area (Å²) in [6.07, 6.45) is 2.48. The van der Waals surface area contributed by atoms with Gasteiger partial charge in [0.25, 0.3) is 0 Å². The molecule has 3 rings (SSSR count). The van der Waals surface area contributed by atoms with Crippen LogP contribution in [-0.4, -0.2) is 44.9 Å². The third-order valence-corrected chi connectivity index (χ3v) is 7.37. The van der Waals surface area contributed by atoms with Gasteiger partial charge in [0.1, 0.15) is 16.5 Å². The second-order valence-electron chi connectivity index (χ2n) is 7.77. The maximum absolute atomic E-state index is 13.9. The Morgan fingerprint density at radius 1 is 1.10 bits per heavy atom. The predicted molar refractivity (Wildman–Crippen MR) is 117 cm³/mol. The average molecular weight is 449 g/mol. The summed E-state index contributed by atoms with van der Waals surface area (Å²) in [7, 11) is -3.88. The highest BCUT2D eigenvalue weighted by Gasteiger charge is 2.33. The lowest BCUT2D eigenvalue weighted by Crippen LogP contribution is -2.43. The van der Waals surface area contributed by atoms with Gasteiger partial charge in [-0.05, 0) is 56.9 Å². The SMILES string of the molecule is Cc1ccc(OCCCCNC(=O)C2CCN(S(=O)(=O)c3ccccc3F)CC2)cc1. The molecule has 6 nitrogen and oxygen atoms in total. The van der Waals surface area contributed by atoms with E-state index in [4.69, 9.17) is 4.74 Å². The lowest BCUT2D eigenvalue weighted by Gasteiger charge is -2.30. The molecule has 1 fully saturated rings. The van der Waals surface area contributed by atoms with Crippen molar-refractivity contribution in [2.45, 2.75) is 37.5 Å². The molecule has 0 saturated carbocycles. The van der Waals surface area contributed by atoms with Crippen molar-refractivity contribution in [2.75, 3.05) is 26.2 Å². The van der Waals surface area contributed by atoms with Crippen LogP contribution in [0.1, 0.15) is 31.2 Å². The van der Waals surface area contributed by atoms with Crippen LogP contribution in [0, 0.1) is 18.7 Å². The van der Waals surface area contributed by atoms with Crippen molar-refractivity contribution in [3.05, 3.63) is 59.9 Å². The van der Waals surface area contributed by atoms with Crippen molar-refractivity contribution >= 4 is 15.9 Å². The summed E-state index contributed by atoms with van der Waals surface area (Å²) in [4.78, 5) is 12.1. The first kappa shape index (κ1) is 23.2. The number of sulfonamides is 1. The molecular formula is C23H29FN2O4S. The molecule has 1 aliphatic heterocycles. The summed E-state index contributed by atoms with van der Waals surface area (Å²) in [6, 6.07) is 13.3. The molecule has 0 unspecified atom stereocenters. The number of nitrogens with one attached hydrogen (secondary N) is 1. The highest BCUT2D eigenvalue weighted by Crippen LogP contribution is 2.25. The van der Waals surface area contributed by atoms with Gasteiger partial charge in [0, 0.05) is 25.6 Å². The van der Waals surface area contributed by atoms with Crippen molar-refractivity contribution in [3.8, 4) is 5.75 Å². The highest BCUT2D eigenvalue weighted by atomic mass is 32.2. The monoisotopic (exact) mass is 448 g/mol. The number of hydrogen-bond acceptors (Lipinski definition) is 4. The molecule has 2 aromatic rings. The number of halogens is 1. The fraction of sp³-hybridized carbons (Fsp3) is 0.435. The Labute approximate surface area is 183 Å². The van der Waals surface area contributed by atoms with E-state index in [1.54, 1.807) is 0 Å². The molecule has 1 heterocycles. The molecule has 2 aromatic carbocycles. The third-order valence-electron chi connectivity index (χ3n) is 5.44. The van der Waals surface area contributed by atoms with Crippen LogP contribution in [0.2, 0.25) is 0 Å². The molecule has 168 valence electrons. The van der Waals surface area contributed by atoms with Crippen molar-refractivity contribution in [2.24, 2.45) is 5.92 Å². The second-order valence-corrected chi connectivity index (χ2v) is 9.67. The fourth-order valence-electron chi connectivity index (χ4n) is 3.56. The first-order chi connectivity index (χ1) is 14.9. The number of rotatable bonds is 9. The van der Waals surface area contributed by atoms with Crippen molar-refractivity contribution in [1.29, 1.82) is 0 Å². The smallest absolute Gasteiger partial charge is 0.245 e. The summed E-state index contributed by atoms with van der Waals surface area (Å²) in [5, 5.41) is 2.93. The van der Waals surface area contributed by atoms with E-state index in [2.05, 4.69) is 5.32 Å². The minimum absolute atomic E-state index is 0.0533. The van der Waals surface area contributed by atoms with Crippen molar-refractivity contribution < 1.29 is 22.3 Å². The fourth-order valence-corrected chi connectivity index (χ4v) is 5.09. The number of unbranched alkanes of at least 4 members (excludes halogenated alkanes) is 1. The number of benzene rings is 2. The van der Waals surface area contributed by atoms with Crippen LogP contribution >= 0.6 is 0 Å². The van der Waals surface area contributed by atoms with Gasteiger partial charge in [-0.1, -0.05) is 29.8 Å². The Hall–Kier alpha value is -2.45. The molecule has 0 radical (unpaired) electrons. The second kappa shape index (κ2) is 10.7. The zero-order valence-corrected chi connectivity index (χ0v) is 18.5. The van der Waals surface area contributed by atoms with Crippen LogP contribution in [0.15, 0.2) is 53.4 Å². The number of amides is 1. The molecule has 1 N–H and O–H groups in total. The molecule has 0 aliphatic carbocycles. The average Bonchev–Trinajstić information content (AvgIpc) is 2.77. The van der Waals surface area contributed by atoms with Crippen molar-refractivity contribution in [1.82, 2.24) is 9.62 Å². The Kier molecular flexibility index (Phi) is 8.03. The largest absolute Gasteiger partial charge is 0.494 e. The number of aryl methyl sites for hydroxylation is 1. The lowest BCUT2D eigenvalue weighted by atomic mass is 9.97. The first-order valence-electron chi connectivity index (χ1n) is 10.6. The molecule has 1 amide bonds. The maximum Gasteiger partial charge on any atom is 0.245 e. The molecular weight excluding hydrogens is 419 g/mol. The van der Waals surface area contributed by atoms with E-state index >= 15 is 0 Å². The zero-order chi connectivity index (χ0) is 22.3. The van der Waals surface area contributed by atoms with Crippen LogP contribution < -0.4 is 10.1 Å². The van der Waals surface area contributed by atoms with E-state index in [1.165, 1.54) is 28.1 Å². The van der Waals surface area contributed by atoms with Crippen molar-refractivity contribution in [3.63, 3.8) is 0 Å². The van der Waals surface area contributed by atoms with Gasteiger partial charge < -0.3 is 10.1 Å². The van der Waals surface area contributed by atoms with Gasteiger partial charge in [0.15, 0.2) is 0 Å². The Morgan fingerprint density at radius 2 is 1.77 bits per heavy atom. The van der Waals surface area contributed by atoms with Gasteiger partial charge in [-0.15, -0.1) is 0 Å². The normalized spacial score (nSPS) is 15.5. The molecule has 0 bridgehead atoms. The molecule has 8 heteroatoms. The molecule has 31 heavy (non-hydrogen) atoms. The molecule has 0 aromatic heterocycles. The van der Waals surface area contributed by atoms with Crippen LogP contribution in [0.5, 0.6) is 5.75 Å². The summed E-state index contributed by atoms with van der Waals surface area (Å²) in [6.45, 7) is 3.59. The summed E-state index contributed by atoms with van der Waals surface area (Å²) in [5.74, 6) is -0.196. The molecule has 1 aliphatic rings. The predicted octanol–water partition coefficient (Wildman–Crippen LogP) is 3.51. The molecule has 0 spiro atoms. The number of hydrogen-bond donors (Lipinski definition) is 1. The Balaban J connectivity index is 1.35. The van der Waals surface area contributed by atoms with Gasteiger partial charge in [-0.25, -0.2) is 12.8 Å². The van der Waals surface area contributed by atoms with E-state index in [9.17, 15) is 17.6 Å². The van der Waals surface area contributed by atoms with Gasteiger partial charge in [-0.3, -0.25) is 4.79 Å². The maximum atomic E-state index is 13.9. The van der Waals surface area contributed by atoms with Gasteiger partial charge >= 0.3 is 0 Å². The van der Waals surface area contributed by atoms with E-state index in [1.807, 2.05) is 31.2 Å². The van der Waals surface area contributed by atoms with E-state index < -0.39 is 15.8 Å². The minimum Gasteiger partial charge on any atom is -0.494 e. The van der Waals surface area contributed by atoms with E-state index in [0.29, 0.717) is 26.0 Å². The first-order valence-corrected chi connectivity index (χ1v) is 12.0. The molecule has 0 atom stereocenters. The summed E-state index contributed by atoms with van der Waals surface area (Å²) >= 11 is 0. The van der Waals surface area contributed by atoms with Gasteiger partial charge in [0.05, 0.1) is 6.61 Å². The van der Waals surface area contributed by atoms with E-state index in [0.717, 1.165) is 24.7 Å². The summed E-state index contributed by atoms with van der Waals surface area (Å²) in [5.41, 5.74) is 1.19. The third kappa shape index (κ3) is 6.27. The number of carbonyl (C=O) groups is 1. The highest BCUT2D eigenvalue weighted by molar-refractivity contribution is 7.89. The van der Waals surface area contributed by atoms with Gasteiger partial charge in [0.2, 0.25) is 15.9 Å². The lowest BCUT2D eigenvalue weighted by molar-refractivity contribution is -0.126. The van der Waals surface area contributed by atoms with Crippen LogP contribution in [-0.2, 0) is 14.8 Å². The van der Waals surface area contributed by atoms with Crippen LogP contribution in [0.3, 0.4) is 0 Å². The Bertz CT molecular complexity index is 971. The number of nitrogens with zero attached hydrogens (tertiary/aromatic N) is 1. The number of ether oxygens (including phenoxy) is 1. The van der Waals surface area contributed by atoms with E-state index in [-0.39, 0.29) is 29.8 Å². The molecule has 1 saturated heterocycles. The quantitative estimate of drug-likeness (QED) is 0.596. The topological polar surface area (TPSA) is 75.7 Å². The zero-order valence-electron chi connectivity index (χ0n) is 17.7. The number of piperidine rings is 1. The van der Waals surface area contributed by atoms with Crippen LogP contribution in [0.25, 0.3) is 0 Å². The number of carbonyl (C=O) groups excluding carboxylic acids is 1. The standard InChI is InChI=1S/C23H29FN2O4S/c1-18-8-10-20(11-9-18)30-17-5-4-14-25-23(27)19-12-15-26(16-13-19)31(28,29)22-7-3-2-6-21(22)24/h2-3,6-11,19H,4-5,12-17H2,1H3,(H,25,27). The Morgan fingerprint density at radius 3 is 2.45 bits per heavy atom. The van der Waals surface area contributed by atoms with Crippen LogP contribution in [0.4, 0.5) is 4.39 Å².